The molecule has 3 rings (SSSR count). The molecule has 1 aliphatic heterocycles. The first-order valence-electron chi connectivity index (χ1n) is 9.35. The van der Waals surface area contributed by atoms with E-state index in [-0.39, 0.29) is 6.61 Å². The Balaban J connectivity index is 1.82. The fourth-order valence-electron chi connectivity index (χ4n) is 3.53. The molecule has 1 saturated heterocycles. The van der Waals surface area contributed by atoms with E-state index in [0.717, 1.165) is 22.4 Å². The highest BCUT2D eigenvalue weighted by Crippen LogP contribution is 2.30. The van der Waals surface area contributed by atoms with Crippen molar-refractivity contribution in [3.8, 4) is 5.75 Å². The minimum atomic E-state index is -1.35. The van der Waals surface area contributed by atoms with Gasteiger partial charge < -0.3 is 30.5 Å². The highest BCUT2D eigenvalue weighted by molar-refractivity contribution is 6.31. The van der Waals surface area contributed by atoms with Crippen molar-refractivity contribution < 1.29 is 25.2 Å². The van der Waals surface area contributed by atoms with Crippen molar-refractivity contribution in [2.24, 2.45) is 0 Å². The summed E-state index contributed by atoms with van der Waals surface area (Å²) < 4.78 is 5.46. The molecule has 7 heteroatoms. The third-order valence-corrected chi connectivity index (χ3v) is 5.47. The maximum atomic E-state index is 10.4. The molecule has 0 aromatic heterocycles. The summed E-state index contributed by atoms with van der Waals surface area (Å²) >= 11 is 6.37. The number of hydrogen-bond donors (Lipinski definition) is 5. The summed E-state index contributed by atoms with van der Waals surface area (Å²) in [5, 5.41) is 43.5. The van der Waals surface area contributed by atoms with Crippen molar-refractivity contribution in [1.29, 1.82) is 0 Å². The molecule has 6 nitrogen and oxygen atoms in total. The van der Waals surface area contributed by atoms with Gasteiger partial charge in [-0.05, 0) is 48.2 Å². The molecule has 2 aromatic rings. The Morgan fingerprint density at radius 3 is 2.36 bits per heavy atom. The van der Waals surface area contributed by atoms with E-state index in [1.807, 2.05) is 37.3 Å². The molecule has 0 saturated carbocycles. The number of ether oxygens (including phenoxy) is 1. The van der Waals surface area contributed by atoms with Gasteiger partial charge in [-0.3, -0.25) is 0 Å². The largest absolute Gasteiger partial charge is 0.494 e. The normalized spacial score (nSPS) is 27.6. The molecule has 152 valence electrons. The standard InChI is InChI=1S/C21H26ClNO5/c1-2-28-15-6-3-12(4-7-15)9-14-10-13(5-8-16(14)22)18-20(26)21(27)19(25)17(11-24)23-18/h3-8,10,17-21,23-27H,2,9,11H2,1H3/t17-,18+,19-,20?,21?/m1/s1. The van der Waals surface area contributed by atoms with Crippen molar-refractivity contribution in [3.05, 3.63) is 64.2 Å². The summed E-state index contributed by atoms with van der Waals surface area (Å²) in [4.78, 5) is 0. The number of nitrogens with one attached hydrogen (secondary N) is 1. The summed E-state index contributed by atoms with van der Waals surface area (Å²) in [6, 6.07) is 11.8. The van der Waals surface area contributed by atoms with Gasteiger partial charge in [-0.15, -0.1) is 0 Å². The second kappa shape index (κ2) is 9.22. The van der Waals surface area contributed by atoms with Gasteiger partial charge >= 0.3 is 0 Å². The monoisotopic (exact) mass is 407 g/mol. The van der Waals surface area contributed by atoms with Crippen LogP contribution < -0.4 is 10.1 Å². The van der Waals surface area contributed by atoms with Crippen LogP contribution in [0.3, 0.4) is 0 Å². The molecule has 2 unspecified atom stereocenters. The number of hydrogen-bond acceptors (Lipinski definition) is 6. The number of benzene rings is 2. The van der Waals surface area contributed by atoms with E-state index >= 15 is 0 Å². The van der Waals surface area contributed by atoms with Gasteiger partial charge in [0.05, 0.1) is 31.4 Å². The lowest BCUT2D eigenvalue weighted by Gasteiger charge is -2.41. The fraction of sp³-hybridized carbons (Fsp3) is 0.429. The minimum Gasteiger partial charge on any atom is -0.494 e. The SMILES string of the molecule is CCOc1ccc(Cc2cc([C@@H]3N[C@H](CO)[C@@H](O)C(O)C3O)ccc2Cl)cc1. The van der Waals surface area contributed by atoms with Gasteiger partial charge in [0.15, 0.2) is 0 Å². The number of halogens is 1. The van der Waals surface area contributed by atoms with E-state index in [9.17, 15) is 20.4 Å². The molecular formula is C21H26ClNO5. The lowest BCUT2D eigenvalue weighted by atomic mass is 9.86. The smallest absolute Gasteiger partial charge is 0.119 e. The molecule has 0 aliphatic carbocycles. The van der Waals surface area contributed by atoms with Crippen molar-refractivity contribution in [1.82, 2.24) is 5.32 Å². The molecule has 5 N–H and O–H groups in total. The molecule has 28 heavy (non-hydrogen) atoms. The van der Waals surface area contributed by atoms with Crippen LogP contribution in [0, 0.1) is 0 Å². The number of aliphatic hydroxyl groups excluding tert-OH is 4. The maximum absolute atomic E-state index is 10.4. The predicted octanol–water partition coefficient (Wildman–Crippen LogP) is 1.42. The molecular weight excluding hydrogens is 382 g/mol. The molecule has 0 radical (unpaired) electrons. The summed E-state index contributed by atoms with van der Waals surface area (Å²) in [7, 11) is 0. The summed E-state index contributed by atoms with van der Waals surface area (Å²) in [5.41, 5.74) is 2.66. The lowest BCUT2D eigenvalue weighted by molar-refractivity contribution is -0.120. The van der Waals surface area contributed by atoms with Crippen LogP contribution >= 0.6 is 11.6 Å². The second-order valence-electron chi connectivity index (χ2n) is 7.01. The molecule has 0 amide bonds. The number of piperidine rings is 1. The van der Waals surface area contributed by atoms with Crippen LogP contribution in [0.1, 0.15) is 29.7 Å². The van der Waals surface area contributed by atoms with Gasteiger partial charge in [0.25, 0.3) is 0 Å². The van der Waals surface area contributed by atoms with Crippen molar-refractivity contribution in [2.45, 2.75) is 43.7 Å². The Kier molecular flexibility index (Phi) is 6.93. The van der Waals surface area contributed by atoms with Crippen LogP contribution in [0.25, 0.3) is 0 Å². The maximum Gasteiger partial charge on any atom is 0.119 e. The Hall–Kier alpha value is -1.67. The summed E-state index contributed by atoms with van der Waals surface area (Å²) in [5.74, 6) is 0.809. The predicted molar refractivity (Wildman–Crippen MR) is 107 cm³/mol. The van der Waals surface area contributed by atoms with Gasteiger partial charge in [0.2, 0.25) is 0 Å². The number of rotatable bonds is 6. The van der Waals surface area contributed by atoms with Crippen LogP contribution in [0.15, 0.2) is 42.5 Å². The second-order valence-corrected chi connectivity index (χ2v) is 7.42. The third kappa shape index (κ3) is 4.49. The van der Waals surface area contributed by atoms with Gasteiger partial charge in [-0.1, -0.05) is 35.9 Å². The van der Waals surface area contributed by atoms with E-state index in [1.165, 1.54) is 0 Å². The Bertz CT molecular complexity index is 783. The topological polar surface area (TPSA) is 102 Å². The van der Waals surface area contributed by atoms with Crippen LogP contribution in [0.4, 0.5) is 0 Å². The van der Waals surface area contributed by atoms with E-state index in [2.05, 4.69) is 5.32 Å². The average molecular weight is 408 g/mol. The number of aliphatic hydroxyl groups is 4. The summed E-state index contributed by atoms with van der Waals surface area (Å²) in [6.45, 7) is 2.19. The van der Waals surface area contributed by atoms with Gasteiger partial charge in [-0.25, -0.2) is 0 Å². The molecule has 1 fully saturated rings. The van der Waals surface area contributed by atoms with Gasteiger partial charge in [0, 0.05) is 5.02 Å². The first-order valence-corrected chi connectivity index (χ1v) is 9.73. The molecule has 5 atom stereocenters. The molecule has 0 spiro atoms. The average Bonchev–Trinajstić information content (AvgIpc) is 2.70. The molecule has 1 heterocycles. The van der Waals surface area contributed by atoms with Gasteiger partial charge in [0.1, 0.15) is 18.0 Å². The van der Waals surface area contributed by atoms with Crippen LogP contribution in [-0.2, 0) is 6.42 Å². The van der Waals surface area contributed by atoms with Crippen LogP contribution in [0.2, 0.25) is 5.02 Å². The zero-order valence-electron chi connectivity index (χ0n) is 15.6. The first-order chi connectivity index (χ1) is 13.4. The highest BCUT2D eigenvalue weighted by atomic mass is 35.5. The molecule has 1 aliphatic rings. The quantitative estimate of drug-likeness (QED) is 0.496. The zero-order valence-corrected chi connectivity index (χ0v) is 16.4. The van der Waals surface area contributed by atoms with Crippen molar-refractivity contribution >= 4 is 11.6 Å². The summed E-state index contributed by atoms with van der Waals surface area (Å²) in [6.07, 6.45) is -3.21. The van der Waals surface area contributed by atoms with E-state index < -0.39 is 30.4 Å². The Morgan fingerprint density at radius 2 is 1.71 bits per heavy atom. The fourth-order valence-corrected chi connectivity index (χ4v) is 3.72. The molecule has 0 bridgehead atoms. The van der Waals surface area contributed by atoms with E-state index in [4.69, 9.17) is 16.3 Å². The van der Waals surface area contributed by atoms with Gasteiger partial charge in [-0.2, -0.15) is 0 Å². The van der Waals surface area contributed by atoms with Crippen molar-refractivity contribution in [2.75, 3.05) is 13.2 Å². The zero-order chi connectivity index (χ0) is 20.3. The third-order valence-electron chi connectivity index (χ3n) is 5.10. The van der Waals surface area contributed by atoms with E-state index in [1.54, 1.807) is 12.1 Å². The Morgan fingerprint density at radius 1 is 1.00 bits per heavy atom. The first kappa shape index (κ1) is 21.0. The minimum absolute atomic E-state index is 0.353. The highest BCUT2D eigenvalue weighted by Gasteiger charge is 2.42. The van der Waals surface area contributed by atoms with Crippen LogP contribution in [-0.4, -0.2) is 58.0 Å². The Labute approximate surface area is 169 Å². The van der Waals surface area contributed by atoms with Crippen LogP contribution in [0.5, 0.6) is 5.75 Å². The lowest BCUT2D eigenvalue weighted by Crippen LogP contribution is -2.62. The molecule has 2 aromatic carbocycles. The van der Waals surface area contributed by atoms with Crippen molar-refractivity contribution in [3.63, 3.8) is 0 Å². The van der Waals surface area contributed by atoms with E-state index in [0.29, 0.717) is 18.1 Å².